The van der Waals surface area contributed by atoms with E-state index in [1.165, 1.54) is 0 Å². The van der Waals surface area contributed by atoms with E-state index in [0.29, 0.717) is 12.1 Å². The van der Waals surface area contributed by atoms with Crippen LogP contribution >= 0.6 is 0 Å². The number of hydrogen-bond acceptors (Lipinski definition) is 3. The van der Waals surface area contributed by atoms with E-state index >= 15 is 0 Å². The molecule has 0 aliphatic heterocycles. The second kappa shape index (κ2) is 9.61. The number of rotatable bonds is 8. The molecule has 5 nitrogen and oxygen atoms in total. The number of anilines is 2. The maximum atomic E-state index is 12.1. The molecular weight excluding hydrogens is 326 g/mol. The van der Waals surface area contributed by atoms with Gasteiger partial charge in [-0.25, -0.2) is 0 Å². The molecule has 2 amide bonds. The molecule has 0 unspecified atom stereocenters. The highest BCUT2D eigenvalue weighted by molar-refractivity contribution is 5.96. The van der Waals surface area contributed by atoms with Gasteiger partial charge in [0.1, 0.15) is 0 Å². The van der Waals surface area contributed by atoms with Crippen molar-refractivity contribution in [3.63, 3.8) is 0 Å². The summed E-state index contributed by atoms with van der Waals surface area (Å²) in [6.45, 7) is 6.88. The smallest absolute Gasteiger partial charge is 0.251 e. The molecule has 0 saturated heterocycles. The average Bonchev–Trinajstić information content (AvgIpc) is 2.59. The molecule has 0 aliphatic carbocycles. The van der Waals surface area contributed by atoms with Crippen molar-refractivity contribution in [3.8, 4) is 0 Å². The minimum absolute atomic E-state index is 0.0956. The summed E-state index contributed by atoms with van der Waals surface area (Å²) in [6.07, 6.45) is 2.00. The lowest BCUT2D eigenvalue weighted by Crippen LogP contribution is -2.25. The Bertz CT molecular complexity index is 751. The third-order valence-electron chi connectivity index (χ3n) is 3.90. The third-order valence-corrected chi connectivity index (χ3v) is 3.90. The Morgan fingerprint density at radius 1 is 0.962 bits per heavy atom. The maximum absolute atomic E-state index is 12.1. The van der Waals surface area contributed by atoms with Crippen LogP contribution in [0.3, 0.4) is 0 Å². The fraction of sp³-hybridized carbons (Fsp3) is 0.333. The van der Waals surface area contributed by atoms with Gasteiger partial charge in [-0.1, -0.05) is 25.5 Å². The van der Waals surface area contributed by atoms with Crippen LogP contribution in [0.25, 0.3) is 0 Å². The number of carbonyl (C=O) groups is 2. The van der Waals surface area contributed by atoms with E-state index in [9.17, 15) is 9.59 Å². The highest BCUT2D eigenvalue weighted by Crippen LogP contribution is 2.14. The van der Waals surface area contributed by atoms with Crippen molar-refractivity contribution in [2.75, 3.05) is 23.7 Å². The van der Waals surface area contributed by atoms with Gasteiger partial charge in [0.05, 0.1) is 6.54 Å². The van der Waals surface area contributed by atoms with E-state index in [1.54, 1.807) is 18.2 Å². The summed E-state index contributed by atoms with van der Waals surface area (Å²) in [6, 6.07) is 13.1. The molecule has 0 aromatic heterocycles. The molecule has 0 atom stereocenters. The zero-order valence-electron chi connectivity index (χ0n) is 15.7. The lowest BCUT2D eigenvalue weighted by Gasteiger charge is -2.10. The molecule has 0 bridgehead atoms. The van der Waals surface area contributed by atoms with Gasteiger partial charge in [-0.15, -0.1) is 0 Å². The first-order valence-electron chi connectivity index (χ1n) is 8.98. The zero-order valence-corrected chi connectivity index (χ0v) is 15.7. The monoisotopic (exact) mass is 353 g/mol. The van der Waals surface area contributed by atoms with E-state index in [1.807, 2.05) is 32.0 Å². The Kier molecular flexibility index (Phi) is 7.21. The predicted octanol–water partition coefficient (Wildman–Crippen LogP) is 3.88. The molecule has 138 valence electrons. The molecule has 0 radical (unpaired) electrons. The summed E-state index contributed by atoms with van der Waals surface area (Å²) in [4.78, 5) is 24.2. The van der Waals surface area contributed by atoms with Gasteiger partial charge >= 0.3 is 0 Å². The summed E-state index contributed by atoms with van der Waals surface area (Å²) in [5.41, 5.74) is 4.33. The molecular formula is C21H27N3O2. The second-order valence-electron chi connectivity index (χ2n) is 6.47. The molecule has 0 fully saturated rings. The van der Waals surface area contributed by atoms with Gasteiger partial charge in [0.2, 0.25) is 5.91 Å². The van der Waals surface area contributed by atoms with Crippen molar-refractivity contribution in [1.82, 2.24) is 5.32 Å². The first kappa shape index (κ1) is 19.5. The predicted molar refractivity (Wildman–Crippen MR) is 107 cm³/mol. The number of hydrogen-bond donors (Lipinski definition) is 3. The van der Waals surface area contributed by atoms with Crippen LogP contribution in [0.1, 0.15) is 41.3 Å². The Labute approximate surface area is 155 Å². The van der Waals surface area contributed by atoms with Crippen LogP contribution in [0.2, 0.25) is 0 Å². The van der Waals surface area contributed by atoms with Crippen LogP contribution in [0, 0.1) is 13.8 Å². The van der Waals surface area contributed by atoms with Crippen molar-refractivity contribution in [2.45, 2.75) is 33.6 Å². The number of aryl methyl sites for hydroxylation is 2. The van der Waals surface area contributed by atoms with Crippen molar-refractivity contribution < 1.29 is 9.59 Å². The standard InChI is InChI=1S/C21H27N3O2/c1-4-5-9-22-21(26)17-7-6-8-18(13-17)23-14-20(25)24-19-11-15(2)10-16(3)12-19/h6-8,10-13,23H,4-5,9,14H2,1-3H3,(H,22,26)(H,24,25). The minimum Gasteiger partial charge on any atom is -0.376 e. The summed E-state index contributed by atoms with van der Waals surface area (Å²) in [7, 11) is 0. The molecule has 2 aromatic rings. The lowest BCUT2D eigenvalue weighted by atomic mass is 10.1. The van der Waals surface area contributed by atoms with Gasteiger partial charge in [0, 0.05) is 23.5 Å². The molecule has 0 aliphatic rings. The van der Waals surface area contributed by atoms with Crippen LogP contribution in [0.5, 0.6) is 0 Å². The van der Waals surface area contributed by atoms with Crippen LogP contribution in [0.4, 0.5) is 11.4 Å². The van der Waals surface area contributed by atoms with Gasteiger partial charge < -0.3 is 16.0 Å². The van der Waals surface area contributed by atoms with Gasteiger partial charge in [-0.3, -0.25) is 9.59 Å². The zero-order chi connectivity index (χ0) is 18.9. The van der Waals surface area contributed by atoms with Crippen LogP contribution < -0.4 is 16.0 Å². The third kappa shape index (κ3) is 6.24. The number of benzene rings is 2. The first-order chi connectivity index (χ1) is 12.5. The molecule has 26 heavy (non-hydrogen) atoms. The minimum atomic E-state index is -0.132. The molecule has 3 N–H and O–H groups in total. The highest BCUT2D eigenvalue weighted by Gasteiger charge is 2.07. The largest absolute Gasteiger partial charge is 0.376 e. The Morgan fingerprint density at radius 2 is 1.69 bits per heavy atom. The van der Waals surface area contributed by atoms with Crippen molar-refractivity contribution >= 4 is 23.2 Å². The number of carbonyl (C=O) groups excluding carboxylic acids is 2. The normalized spacial score (nSPS) is 10.3. The highest BCUT2D eigenvalue weighted by atomic mass is 16.2. The molecule has 2 rings (SSSR count). The van der Waals surface area contributed by atoms with Crippen molar-refractivity contribution in [2.24, 2.45) is 0 Å². The second-order valence-corrected chi connectivity index (χ2v) is 6.47. The lowest BCUT2D eigenvalue weighted by molar-refractivity contribution is -0.114. The van der Waals surface area contributed by atoms with Crippen LogP contribution in [-0.2, 0) is 4.79 Å². The van der Waals surface area contributed by atoms with Gasteiger partial charge in [0.15, 0.2) is 0 Å². The van der Waals surface area contributed by atoms with Gasteiger partial charge in [0.25, 0.3) is 5.91 Å². The molecule has 5 heteroatoms. The van der Waals surface area contributed by atoms with E-state index < -0.39 is 0 Å². The van der Waals surface area contributed by atoms with Gasteiger partial charge in [-0.05, 0) is 61.7 Å². The quantitative estimate of drug-likeness (QED) is 0.631. The number of amides is 2. The molecule has 2 aromatic carbocycles. The van der Waals surface area contributed by atoms with E-state index in [2.05, 4.69) is 28.9 Å². The topological polar surface area (TPSA) is 70.2 Å². The van der Waals surface area contributed by atoms with Crippen LogP contribution in [0.15, 0.2) is 42.5 Å². The fourth-order valence-corrected chi connectivity index (χ4v) is 2.69. The average molecular weight is 353 g/mol. The number of unbranched alkanes of at least 4 members (excludes halogenated alkanes) is 1. The molecule has 0 saturated carbocycles. The van der Waals surface area contributed by atoms with E-state index in [0.717, 1.165) is 35.3 Å². The van der Waals surface area contributed by atoms with Crippen LogP contribution in [-0.4, -0.2) is 24.9 Å². The first-order valence-corrected chi connectivity index (χ1v) is 8.98. The summed E-state index contributed by atoms with van der Waals surface area (Å²) in [5.74, 6) is -0.227. The van der Waals surface area contributed by atoms with Crippen molar-refractivity contribution in [1.29, 1.82) is 0 Å². The molecule has 0 spiro atoms. The number of nitrogens with one attached hydrogen (secondary N) is 3. The Morgan fingerprint density at radius 3 is 2.38 bits per heavy atom. The SMILES string of the molecule is CCCCNC(=O)c1cccc(NCC(=O)Nc2cc(C)cc(C)c2)c1. The van der Waals surface area contributed by atoms with E-state index in [4.69, 9.17) is 0 Å². The Hall–Kier alpha value is -2.82. The summed E-state index contributed by atoms with van der Waals surface area (Å²) < 4.78 is 0. The summed E-state index contributed by atoms with van der Waals surface area (Å²) in [5, 5.41) is 8.84. The summed E-state index contributed by atoms with van der Waals surface area (Å²) >= 11 is 0. The molecule has 0 heterocycles. The van der Waals surface area contributed by atoms with Gasteiger partial charge in [-0.2, -0.15) is 0 Å². The Balaban J connectivity index is 1.89. The maximum Gasteiger partial charge on any atom is 0.251 e. The van der Waals surface area contributed by atoms with Crippen molar-refractivity contribution in [3.05, 3.63) is 59.2 Å². The fourth-order valence-electron chi connectivity index (χ4n) is 2.69. The van der Waals surface area contributed by atoms with E-state index in [-0.39, 0.29) is 18.4 Å².